The summed E-state index contributed by atoms with van der Waals surface area (Å²) in [6, 6.07) is 11.3. The molecule has 0 aromatic heterocycles. The second-order valence-corrected chi connectivity index (χ2v) is 5.13. The number of hydrogen-bond donors (Lipinski definition) is 1. The van der Waals surface area contributed by atoms with E-state index in [0.717, 1.165) is 5.56 Å². The number of benzene rings is 2. The van der Waals surface area contributed by atoms with Gasteiger partial charge in [-0.3, -0.25) is 0 Å². The molecule has 1 heterocycles. The van der Waals surface area contributed by atoms with E-state index in [1.165, 1.54) is 18.2 Å². The van der Waals surface area contributed by atoms with Crippen LogP contribution in [0.5, 0.6) is 5.75 Å². The van der Waals surface area contributed by atoms with Crippen LogP contribution in [0, 0.1) is 11.6 Å². The van der Waals surface area contributed by atoms with Crippen LogP contribution in [0.3, 0.4) is 0 Å². The van der Waals surface area contributed by atoms with E-state index in [0.29, 0.717) is 18.8 Å². The lowest BCUT2D eigenvalue weighted by atomic mass is 9.80. The lowest BCUT2D eigenvalue weighted by molar-refractivity contribution is 0.213. The van der Waals surface area contributed by atoms with E-state index in [1.54, 1.807) is 0 Å². The number of rotatable bonds is 2. The van der Waals surface area contributed by atoms with Crippen molar-refractivity contribution in [2.45, 2.75) is 18.4 Å². The lowest BCUT2D eigenvalue weighted by Gasteiger charge is -2.35. The Balaban J connectivity index is 2.02. The maximum Gasteiger partial charge on any atom is 0.129 e. The molecular weight excluding hydrogens is 260 g/mol. The van der Waals surface area contributed by atoms with E-state index in [9.17, 15) is 8.78 Å². The molecule has 4 heteroatoms. The highest BCUT2D eigenvalue weighted by atomic mass is 19.1. The van der Waals surface area contributed by atoms with Gasteiger partial charge in [0, 0.05) is 24.0 Å². The van der Waals surface area contributed by atoms with Gasteiger partial charge in [0.2, 0.25) is 0 Å². The molecule has 2 N–H and O–H groups in total. The summed E-state index contributed by atoms with van der Waals surface area (Å²) in [5.74, 6) is -0.421. The van der Waals surface area contributed by atoms with Crippen LogP contribution >= 0.6 is 0 Å². The zero-order chi connectivity index (χ0) is 14.2. The Morgan fingerprint density at radius 1 is 1.05 bits per heavy atom. The maximum absolute atomic E-state index is 13.8. The van der Waals surface area contributed by atoms with Gasteiger partial charge in [-0.05, 0) is 18.2 Å². The van der Waals surface area contributed by atoms with Crippen LogP contribution in [0.1, 0.15) is 17.5 Å². The topological polar surface area (TPSA) is 35.2 Å². The monoisotopic (exact) mass is 275 g/mol. The molecule has 0 amide bonds. The van der Waals surface area contributed by atoms with Crippen LogP contribution in [-0.4, -0.2) is 6.61 Å². The van der Waals surface area contributed by atoms with E-state index in [-0.39, 0.29) is 12.0 Å². The van der Waals surface area contributed by atoms with Crippen molar-refractivity contribution >= 4 is 0 Å². The minimum absolute atomic E-state index is 0.0340. The highest BCUT2D eigenvalue weighted by Gasteiger charge is 2.35. The first kappa shape index (κ1) is 13.1. The van der Waals surface area contributed by atoms with E-state index >= 15 is 0 Å². The fraction of sp³-hybridized carbons (Fsp3) is 0.250. The van der Waals surface area contributed by atoms with E-state index in [4.69, 9.17) is 10.5 Å². The van der Waals surface area contributed by atoms with Gasteiger partial charge in [0.1, 0.15) is 17.4 Å². The number of ether oxygens (including phenoxy) is 1. The summed E-state index contributed by atoms with van der Waals surface area (Å²) < 4.78 is 33.2. The van der Waals surface area contributed by atoms with Crippen molar-refractivity contribution in [2.24, 2.45) is 5.73 Å². The van der Waals surface area contributed by atoms with E-state index in [2.05, 4.69) is 0 Å². The summed E-state index contributed by atoms with van der Waals surface area (Å²) in [7, 11) is 0. The number of nitrogens with two attached hydrogens (primary N) is 1. The van der Waals surface area contributed by atoms with Crippen molar-refractivity contribution < 1.29 is 13.5 Å². The molecule has 2 nitrogen and oxygen atoms in total. The van der Waals surface area contributed by atoms with Gasteiger partial charge >= 0.3 is 0 Å². The largest absolute Gasteiger partial charge is 0.493 e. The molecule has 0 aliphatic carbocycles. The van der Waals surface area contributed by atoms with Crippen LogP contribution in [0.2, 0.25) is 0 Å². The third-order valence-corrected chi connectivity index (χ3v) is 3.78. The molecular formula is C16H15F2NO. The molecule has 0 spiro atoms. The quantitative estimate of drug-likeness (QED) is 0.913. The van der Waals surface area contributed by atoms with Crippen molar-refractivity contribution in [1.82, 2.24) is 0 Å². The van der Waals surface area contributed by atoms with Crippen LogP contribution in [0.15, 0.2) is 42.5 Å². The first-order valence-corrected chi connectivity index (χ1v) is 6.54. The van der Waals surface area contributed by atoms with Gasteiger partial charge in [-0.25, -0.2) is 8.78 Å². The Labute approximate surface area is 116 Å². The van der Waals surface area contributed by atoms with E-state index in [1.807, 2.05) is 24.3 Å². The molecule has 1 aliphatic rings. The minimum atomic E-state index is -0.808. The number of hydrogen-bond acceptors (Lipinski definition) is 2. The third kappa shape index (κ3) is 2.16. The fourth-order valence-electron chi connectivity index (χ4n) is 2.68. The first-order chi connectivity index (χ1) is 9.60. The zero-order valence-electron chi connectivity index (χ0n) is 10.9. The van der Waals surface area contributed by atoms with Crippen LogP contribution < -0.4 is 10.5 Å². The standard InChI is InChI=1S/C16H15F2NO/c17-13-5-3-6-14(18)11(13)10-16(19)8-9-20-15-7-2-1-4-12(15)16/h1-7H,8-10,19H2. The Morgan fingerprint density at radius 2 is 1.75 bits per heavy atom. The summed E-state index contributed by atoms with van der Waals surface area (Å²) in [5.41, 5.74) is 6.45. The van der Waals surface area contributed by atoms with Gasteiger partial charge in [-0.1, -0.05) is 24.3 Å². The van der Waals surface area contributed by atoms with Gasteiger partial charge in [-0.15, -0.1) is 0 Å². The molecule has 1 unspecified atom stereocenters. The third-order valence-electron chi connectivity index (χ3n) is 3.78. The zero-order valence-corrected chi connectivity index (χ0v) is 10.9. The van der Waals surface area contributed by atoms with Crippen molar-refractivity contribution in [3.63, 3.8) is 0 Å². The molecule has 2 aromatic carbocycles. The molecule has 1 atom stereocenters. The fourth-order valence-corrected chi connectivity index (χ4v) is 2.68. The minimum Gasteiger partial charge on any atom is -0.493 e. The predicted molar refractivity (Wildman–Crippen MR) is 72.5 cm³/mol. The number of para-hydroxylation sites is 1. The van der Waals surface area contributed by atoms with Crippen LogP contribution in [-0.2, 0) is 12.0 Å². The normalized spacial score (nSPS) is 21.1. The summed E-state index contributed by atoms with van der Waals surface area (Å²) in [6.07, 6.45) is 0.643. The maximum atomic E-state index is 13.8. The number of fused-ring (bicyclic) bond motifs is 1. The predicted octanol–water partition coefficient (Wildman–Crippen LogP) is 3.14. The lowest BCUT2D eigenvalue weighted by Crippen LogP contribution is -2.43. The molecule has 0 bridgehead atoms. The molecule has 0 fully saturated rings. The Hall–Kier alpha value is -1.94. The molecule has 20 heavy (non-hydrogen) atoms. The summed E-state index contributed by atoms with van der Waals surface area (Å²) >= 11 is 0. The summed E-state index contributed by atoms with van der Waals surface area (Å²) in [6.45, 7) is 0.448. The SMILES string of the molecule is NC1(Cc2c(F)cccc2F)CCOc2ccccc21. The van der Waals surface area contributed by atoms with Gasteiger partial charge in [0.15, 0.2) is 0 Å². The van der Waals surface area contributed by atoms with Crippen molar-refractivity contribution in [2.75, 3.05) is 6.61 Å². The Bertz CT molecular complexity index is 624. The van der Waals surface area contributed by atoms with Gasteiger partial charge in [0.05, 0.1) is 12.1 Å². The summed E-state index contributed by atoms with van der Waals surface area (Å²) in [4.78, 5) is 0. The molecule has 0 saturated carbocycles. The van der Waals surface area contributed by atoms with Crippen molar-refractivity contribution in [3.8, 4) is 5.75 Å². The van der Waals surface area contributed by atoms with Crippen molar-refractivity contribution in [3.05, 3.63) is 65.2 Å². The van der Waals surface area contributed by atoms with Gasteiger partial charge in [-0.2, -0.15) is 0 Å². The Morgan fingerprint density at radius 3 is 2.50 bits per heavy atom. The first-order valence-electron chi connectivity index (χ1n) is 6.54. The Kier molecular flexibility index (Phi) is 3.18. The number of halogens is 2. The highest BCUT2D eigenvalue weighted by molar-refractivity contribution is 5.42. The second-order valence-electron chi connectivity index (χ2n) is 5.13. The van der Waals surface area contributed by atoms with Crippen LogP contribution in [0.25, 0.3) is 0 Å². The molecule has 0 saturated heterocycles. The summed E-state index contributed by atoms with van der Waals surface area (Å²) in [5, 5.41) is 0. The average molecular weight is 275 g/mol. The smallest absolute Gasteiger partial charge is 0.129 e. The molecule has 2 aromatic rings. The van der Waals surface area contributed by atoms with Gasteiger partial charge in [0.25, 0.3) is 0 Å². The molecule has 1 aliphatic heterocycles. The average Bonchev–Trinajstić information content (AvgIpc) is 2.44. The molecule has 0 radical (unpaired) electrons. The molecule has 3 rings (SSSR count). The van der Waals surface area contributed by atoms with Crippen molar-refractivity contribution in [1.29, 1.82) is 0 Å². The highest BCUT2D eigenvalue weighted by Crippen LogP contribution is 2.37. The second kappa shape index (κ2) is 4.87. The molecule has 104 valence electrons. The van der Waals surface area contributed by atoms with Gasteiger partial charge < -0.3 is 10.5 Å². The van der Waals surface area contributed by atoms with Crippen LogP contribution in [0.4, 0.5) is 8.78 Å². The van der Waals surface area contributed by atoms with E-state index < -0.39 is 17.2 Å².